The van der Waals surface area contributed by atoms with E-state index in [-0.39, 0.29) is 0 Å². The van der Waals surface area contributed by atoms with Crippen molar-refractivity contribution in [2.45, 2.75) is 109 Å². The van der Waals surface area contributed by atoms with E-state index in [0.29, 0.717) is 0 Å². The molecule has 0 aromatic carbocycles. The Morgan fingerprint density at radius 2 is 1.15 bits per heavy atom. The topological polar surface area (TPSA) is 12.0 Å². The van der Waals surface area contributed by atoms with Crippen LogP contribution in [0.4, 0.5) is 0 Å². The molecule has 2 heteroatoms. The molecule has 1 unspecified atom stereocenters. The predicted molar refractivity (Wildman–Crippen MR) is 96.4 cm³/mol. The van der Waals surface area contributed by atoms with Gasteiger partial charge in [0, 0.05) is 11.8 Å². The highest BCUT2D eigenvalue weighted by molar-refractivity contribution is 7.98. The SMILES string of the molecule is CCCCCCCCCCCCCCC(C)SNCC. The maximum absolute atomic E-state index is 3.36. The fourth-order valence-corrected chi connectivity index (χ4v) is 3.29. The summed E-state index contributed by atoms with van der Waals surface area (Å²) >= 11 is 1.91. The van der Waals surface area contributed by atoms with Crippen LogP contribution in [0.3, 0.4) is 0 Å². The van der Waals surface area contributed by atoms with Crippen LogP contribution < -0.4 is 4.72 Å². The molecular weight excluding hydrogens is 262 g/mol. The summed E-state index contributed by atoms with van der Waals surface area (Å²) in [6, 6.07) is 0. The first-order valence-electron chi connectivity index (χ1n) is 9.19. The molecule has 0 amide bonds. The van der Waals surface area contributed by atoms with E-state index in [1.807, 2.05) is 11.9 Å². The Kier molecular flexibility index (Phi) is 17.6. The van der Waals surface area contributed by atoms with Gasteiger partial charge in [-0.1, -0.05) is 110 Å². The molecule has 1 atom stereocenters. The molecule has 122 valence electrons. The molecule has 0 aliphatic carbocycles. The highest BCUT2D eigenvalue weighted by Gasteiger charge is 2.01. The Morgan fingerprint density at radius 3 is 1.60 bits per heavy atom. The first-order chi connectivity index (χ1) is 9.81. The van der Waals surface area contributed by atoms with Gasteiger partial charge in [-0.25, -0.2) is 0 Å². The van der Waals surface area contributed by atoms with E-state index in [9.17, 15) is 0 Å². The Hall–Kier alpha value is 0.310. The van der Waals surface area contributed by atoms with Crippen LogP contribution in [0.5, 0.6) is 0 Å². The van der Waals surface area contributed by atoms with Gasteiger partial charge in [0.1, 0.15) is 0 Å². The Morgan fingerprint density at radius 1 is 0.700 bits per heavy atom. The zero-order valence-corrected chi connectivity index (χ0v) is 15.2. The van der Waals surface area contributed by atoms with Gasteiger partial charge in [-0.3, -0.25) is 4.72 Å². The van der Waals surface area contributed by atoms with Crippen LogP contribution in [-0.4, -0.2) is 11.8 Å². The van der Waals surface area contributed by atoms with E-state index in [1.54, 1.807) is 0 Å². The molecule has 0 saturated heterocycles. The molecule has 0 bridgehead atoms. The number of hydrogen-bond donors (Lipinski definition) is 1. The lowest BCUT2D eigenvalue weighted by Crippen LogP contribution is -2.08. The second kappa shape index (κ2) is 17.4. The standard InChI is InChI=1S/C18H39NS/c1-4-6-7-8-9-10-11-12-13-14-15-16-17-18(3)20-19-5-2/h18-19H,4-17H2,1-3H3. The minimum Gasteiger partial charge on any atom is -0.264 e. The first-order valence-corrected chi connectivity index (χ1v) is 10.1. The van der Waals surface area contributed by atoms with Crippen molar-refractivity contribution < 1.29 is 0 Å². The van der Waals surface area contributed by atoms with E-state index in [4.69, 9.17) is 0 Å². The van der Waals surface area contributed by atoms with Gasteiger partial charge < -0.3 is 0 Å². The molecule has 0 aliphatic rings. The van der Waals surface area contributed by atoms with Crippen molar-refractivity contribution in [1.82, 2.24) is 4.72 Å². The quantitative estimate of drug-likeness (QED) is 0.251. The summed E-state index contributed by atoms with van der Waals surface area (Å²) in [6.45, 7) is 7.88. The molecule has 0 radical (unpaired) electrons. The first kappa shape index (κ1) is 20.3. The van der Waals surface area contributed by atoms with Gasteiger partial charge in [-0.15, -0.1) is 0 Å². The Bertz CT molecular complexity index is 173. The van der Waals surface area contributed by atoms with Crippen LogP contribution in [0.15, 0.2) is 0 Å². The van der Waals surface area contributed by atoms with Gasteiger partial charge >= 0.3 is 0 Å². The predicted octanol–water partition coefficient (Wildman–Crippen LogP) is 6.72. The van der Waals surface area contributed by atoms with Crippen LogP contribution in [-0.2, 0) is 0 Å². The van der Waals surface area contributed by atoms with Gasteiger partial charge in [0.05, 0.1) is 0 Å². The van der Waals surface area contributed by atoms with E-state index >= 15 is 0 Å². The summed E-state index contributed by atoms with van der Waals surface area (Å²) in [5, 5.41) is 0.776. The molecule has 0 rings (SSSR count). The van der Waals surface area contributed by atoms with Crippen molar-refractivity contribution >= 4 is 11.9 Å². The Labute approximate surface area is 133 Å². The van der Waals surface area contributed by atoms with Gasteiger partial charge in [0.2, 0.25) is 0 Å². The van der Waals surface area contributed by atoms with Crippen molar-refractivity contribution in [2.75, 3.05) is 6.54 Å². The average molecular weight is 302 g/mol. The van der Waals surface area contributed by atoms with Crippen molar-refractivity contribution in [3.63, 3.8) is 0 Å². The van der Waals surface area contributed by atoms with Gasteiger partial charge in [-0.2, -0.15) is 0 Å². The van der Waals surface area contributed by atoms with E-state index in [1.165, 1.54) is 83.5 Å². The molecule has 0 saturated carbocycles. The smallest absolute Gasteiger partial charge is 0.0164 e. The van der Waals surface area contributed by atoms with Gasteiger partial charge in [0.25, 0.3) is 0 Å². The van der Waals surface area contributed by atoms with Crippen LogP contribution >= 0.6 is 11.9 Å². The lowest BCUT2D eigenvalue weighted by molar-refractivity contribution is 0.539. The minimum atomic E-state index is 0.776. The maximum Gasteiger partial charge on any atom is 0.0164 e. The van der Waals surface area contributed by atoms with Crippen LogP contribution in [0.1, 0.15) is 104 Å². The lowest BCUT2D eigenvalue weighted by atomic mass is 10.0. The summed E-state index contributed by atoms with van der Waals surface area (Å²) in [5.74, 6) is 0. The second-order valence-corrected chi connectivity index (χ2v) is 7.43. The summed E-state index contributed by atoms with van der Waals surface area (Å²) in [6.07, 6.45) is 18.7. The third-order valence-electron chi connectivity index (χ3n) is 3.89. The molecule has 20 heavy (non-hydrogen) atoms. The zero-order valence-electron chi connectivity index (χ0n) is 14.4. The largest absolute Gasteiger partial charge is 0.264 e. The van der Waals surface area contributed by atoms with Crippen LogP contribution in [0.25, 0.3) is 0 Å². The van der Waals surface area contributed by atoms with Crippen LogP contribution in [0, 0.1) is 0 Å². The summed E-state index contributed by atoms with van der Waals surface area (Å²) < 4.78 is 3.36. The lowest BCUT2D eigenvalue weighted by Gasteiger charge is -2.10. The fourth-order valence-electron chi connectivity index (χ4n) is 2.56. The monoisotopic (exact) mass is 301 g/mol. The number of hydrogen-bond acceptors (Lipinski definition) is 2. The summed E-state index contributed by atoms with van der Waals surface area (Å²) in [4.78, 5) is 0. The van der Waals surface area contributed by atoms with Gasteiger partial charge in [0.15, 0.2) is 0 Å². The molecule has 0 aromatic rings. The number of nitrogens with one attached hydrogen (secondary N) is 1. The number of rotatable bonds is 16. The van der Waals surface area contributed by atoms with Crippen LogP contribution in [0.2, 0.25) is 0 Å². The number of unbranched alkanes of at least 4 members (excludes halogenated alkanes) is 11. The highest BCUT2D eigenvalue weighted by Crippen LogP contribution is 2.16. The molecule has 0 aromatic heterocycles. The summed E-state index contributed by atoms with van der Waals surface area (Å²) in [7, 11) is 0. The van der Waals surface area contributed by atoms with Crippen molar-refractivity contribution in [3.05, 3.63) is 0 Å². The molecule has 0 heterocycles. The van der Waals surface area contributed by atoms with Crippen molar-refractivity contribution in [1.29, 1.82) is 0 Å². The van der Waals surface area contributed by atoms with Crippen molar-refractivity contribution in [2.24, 2.45) is 0 Å². The molecular formula is C18H39NS. The Balaban J connectivity index is 3.02. The average Bonchev–Trinajstić information content (AvgIpc) is 2.46. The third kappa shape index (κ3) is 16.4. The van der Waals surface area contributed by atoms with Crippen molar-refractivity contribution in [3.8, 4) is 0 Å². The fraction of sp³-hybridized carbons (Fsp3) is 1.00. The second-order valence-electron chi connectivity index (χ2n) is 6.10. The van der Waals surface area contributed by atoms with E-state index < -0.39 is 0 Å². The van der Waals surface area contributed by atoms with E-state index in [2.05, 4.69) is 25.5 Å². The molecule has 0 fully saturated rings. The highest BCUT2D eigenvalue weighted by atomic mass is 32.2. The summed E-state index contributed by atoms with van der Waals surface area (Å²) in [5.41, 5.74) is 0. The zero-order chi connectivity index (χ0) is 14.9. The minimum absolute atomic E-state index is 0.776. The molecule has 0 aliphatic heterocycles. The molecule has 1 nitrogen and oxygen atoms in total. The third-order valence-corrected chi connectivity index (χ3v) is 4.99. The van der Waals surface area contributed by atoms with Gasteiger partial charge in [-0.05, 0) is 6.42 Å². The van der Waals surface area contributed by atoms with E-state index in [0.717, 1.165) is 11.8 Å². The normalized spacial score (nSPS) is 12.8. The maximum atomic E-state index is 3.36. The molecule has 0 spiro atoms. The molecule has 1 N–H and O–H groups in total.